The van der Waals surface area contributed by atoms with E-state index in [2.05, 4.69) is 21.4 Å². The van der Waals surface area contributed by atoms with E-state index in [4.69, 9.17) is 5.73 Å². The smallest absolute Gasteiger partial charge is 0.0920 e. The monoisotopic (exact) mass is 279 g/mol. The van der Waals surface area contributed by atoms with Gasteiger partial charge >= 0.3 is 0 Å². The van der Waals surface area contributed by atoms with E-state index in [9.17, 15) is 0 Å². The highest BCUT2D eigenvalue weighted by atomic mass is 15.4. The third-order valence-electron chi connectivity index (χ3n) is 3.45. The van der Waals surface area contributed by atoms with Gasteiger partial charge in [0.2, 0.25) is 0 Å². The van der Waals surface area contributed by atoms with Crippen molar-refractivity contribution in [2.45, 2.75) is 19.9 Å². The molecule has 2 heterocycles. The first-order valence-corrected chi connectivity index (χ1v) is 6.81. The SMILES string of the molecule is Cc1cnc(C(N)c2cnnn2-c2ccccc2)c(C)c1. The molecule has 1 unspecified atom stereocenters. The van der Waals surface area contributed by atoms with E-state index < -0.39 is 0 Å². The number of aromatic nitrogens is 4. The van der Waals surface area contributed by atoms with Gasteiger partial charge in [0.25, 0.3) is 0 Å². The van der Waals surface area contributed by atoms with E-state index in [1.165, 1.54) is 0 Å². The van der Waals surface area contributed by atoms with Crippen molar-refractivity contribution >= 4 is 0 Å². The summed E-state index contributed by atoms with van der Waals surface area (Å²) in [4.78, 5) is 4.47. The van der Waals surface area contributed by atoms with Crippen LogP contribution in [0.1, 0.15) is 28.6 Å². The Morgan fingerprint density at radius 1 is 1.10 bits per heavy atom. The van der Waals surface area contributed by atoms with Crippen LogP contribution in [0.15, 0.2) is 48.8 Å². The Balaban J connectivity index is 2.03. The molecule has 21 heavy (non-hydrogen) atoms. The van der Waals surface area contributed by atoms with E-state index in [0.29, 0.717) is 0 Å². The minimum Gasteiger partial charge on any atom is -0.318 e. The zero-order chi connectivity index (χ0) is 14.8. The summed E-state index contributed by atoms with van der Waals surface area (Å²) in [7, 11) is 0. The lowest BCUT2D eigenvalue weighted by Crippen LogP contribution is -2.19. The van der Waals surface area contributed by atoms with Gasteiger partial charge in [-0.2, -0.15) is 0 Å². The van der Waals surface area contributed by atoms with Crippen LogP contribution in [-0.2, 0) is 0 Å². The Morgan fingerprint density at radius 2 is 1.86 bits per heavy atom. The van der Waals surface area contributed by atoms with Crippen molar-refractivity contribution in [2.75, 3.05) is 0 Å². The number of pyridine rings is 1. The Morgan fingerprint density at radius 3 is 2.57 bits per heavy atom. The summed E-state index contributed by atoms with van der Waals surface area (Å²) in [6.07, 6.45) is 3.53. The third kappa shape index (κ3) is 2.55. The second-order valence-electron chi connectivity index (χ2n) is 5.10. The second kappa shape index (κ2) is 5.46. The Labute approximate surface area is 123 Å². The maximum absolute atomic E-state index is 6.39. The van der Waals surface area contributed by atoms with E-state index in [1.54, 1.807) is 10.9 Å². The molecule has 0 fully saturated rings. The molecule has 1 aromatic carbocycles. The van der Waals surface area contributed by atoms with Crippen molar-refractivity contribution in [1.29, 1.82) is 0 Å². The predicted molar refractivity (Wildman–Crippen MR) is 81.1 cm³/mol. The Kier molecular flexibility index (Phi) is 3.50. The van der Waals surface area contributed by atoms with Gasteiger partial charge in [-0.3, -0.25) is 4.98 Å². The maximum Gasteiger partial charge on any atom is 0.0920 e. The second-order valence-corrected chi connectivity index (χ2v) is 5.10. The molecular formula is C16H17N5. The van der Waals surface area contributed by atoms with Crippen LogP contribution in [0.4, 0.5) is 0 Å². The van der Waals surface area contributed by atoms with Crippen molar-refractivity contribution in [1.82, 2.24) is 20.0 Å². The molecule has 0 saturated heterocycles. The average Bonchev–Trinajstić information content (AvgIpc) is 2.97. The molecule has 3 rings (SSSR count). The van der Waals surface area contributed by atoms with Crippen molar-refractivity contribution in [3.8, 4) is 5.69 Å². The summed E-state index contributed by atoms with van der Waals surface area (Å²) in [6.45, 7) is 4.04. The van der Waals surface area contributed by atoms with Gasteiger partial charge < -0.3 is 5.73 Å². The lowest BCUT2D eigenvalue weighted by Gasteiger charge is -2.15. The highest BCUT2D eigenvalue weighted by Crippen LogP contribution is 2.22. The molecule has 106 valence electrons. The van der Waals surface area contributed by atoms with Crippen LogP contribution in [0.5, 0.6) is 0 Å². The van der Waals surface area contributed by atoms with Gasteiger partial charge in [0.15, 0.2) is 0 Å². The normalized spacial score (nSPS) is 12.3. The fourth-order valence-corrected chi connectivity index (χ4v) is 2.42. The maximum atomic E-state index is 6.39. The first-order valence-electron chi connectivity index (χ1n) is 6.81. The van der Waals surface area contributed by atoms with E-state index in [1.807, 2.05) is 50.4 Å². The molecule has 2 N–H and O–H groups in total. The number of aryl methyl sites for hydroxylation is 2. The van der Waals surface area contributed by atoms with E-state index >= 15 is 0 Å². The molecule has 0 aliphatic rings. The quantitative estimate of drug-likeness (QED) is 0.799. The van der Waals surface area contributed by atoms with E-state index in [0.717, 1.165) is 28.2 Å². The lowest BCUT2D eigenvalue weighted by atomic mass is 10.0. The van der Waals surface area contributed by atoms with Crippen molar-refractivity contribution in [3.05, 3.63) is 71.3 Å². The Hall–Kier alpha value is -2.53. The van der Waals surface area contributed by atoms with Crippen molar-refractivity contribution in [2.24, 2.45) is 5.73 Å². The molecule has 0 spiro atoms. The molecule has 2 aromatic heterocycles. The lowest BCUT2D eigenvalue weighted by molar-refractivity contribution is 0.703. The first-order chi connectivity index (χ1) is 10.2. The molecule has 0 aliphatic heterocycles. The number of rotatable bonds is 3. The summed E-state index contributed by atoms with van der Waals surface area (Å²) in [6, 6.07) is 11.6. The number of para-hydroxylation sites is 1. The summed E-state index contributed by atoms with van der Waals surface area (Å²) in [5.74, 6) is 0. The minimum absolute atomic E-state index is 0.360. The minimum atomic E-state index is -0.360. The molecule has 3 aromatic rings. The van der Waals surface area contributed by atoms with Crippen molar-refractivity contribution < 1.29 is 0 Å². The standard InChI is InChI=1S/C16H17N5/c1-11-8-12(2)16(18-9-11)15(17)14-10-19-20-21(14)13-6-4-3-5-7-13/h3-10,15H,17H2,1-2H3. The summed E-state index contributed by atoms with van der Waals surface area (Å²) >= 11 is 0. The van der Waals surface area contributed by atoms with Gasteiger partial charge in [0, 0.05) is 6.20 Å². The van der Waals surface area contributed by atoms with Crippen LogP contribution in [0, 0.1) is 13.8 Å². The van der Waals surface area contributed by atoms with Gasteiger partial charge in [-0.15, -0.1) is 5.10 Å². The highest BCUT2D eigenvalue weighted by Gasteiger charge is 2.19. The zero-order valence-corrected chi connectivity index (χ0v) is 12.1. The van der Waals surface area contributed by atoms with Gasteiger partial charge in [0.05, 0.1) is 29.3 Å². The summed E-state index contributed by atoms with van der Waals surface area (Å²) < 4.78 is 1.76. The van der Waals surface area contributed by atoms with E-state index in [-0.39, 0.29) is 6.04 Å². The molecule has 0 saturated carbocycles. The largest absolute Gasteiger partial charge is 0.318 e. The van der Waals surface area contributed by atoms with Crippen LogP contribution in [0.2, 0.25) is 0 Å². The average molecular weight is 279 g/mol. The summed E-state index contributed by atoms with van der Waals surface area (Å²) in [5.41, 5.74) is 11.2. The van der Waals surface area contributed by atoms with Crippen LogP contribution in [0.3, 0.4) is 0 Å². The van der Waals surface area contributed by atoms with Crippen LogP contribution < -0.4 is 5.73 Å². The zero-order valence-electron chi connectivity index (χ0n) is 12.1. The first kappa shape index (κ1) is 13.5. The van der Waals surface area contributed by atoms with Crippen LogP contribution >= 0.6 is 0 Å². The molecule has 0 radical (unpaired) electrons. The molecule has 0 bridgehead atoms. The van der Waals surface area contributed by atoms with Crippen LogP contribution in [0.25, 0.3) is 5.69 Å². The highest BCUT2D eigenvalue weighted by molar-refractivity contribution is 5.36. The Bertz CT molecular complexity index is 748. The topological polar surface area (TPSA) is 69.6 Å². The molecule has 1 atom stereocenters. The third-order valence-corrected chi connectivity index (χ3v) is 3.45. The fraction of sp³-hybridized carbons (Fsp3) is 0.188. The molecule has 0 aliphatic carbocycles. The number of nitrogens with zero attached hydrogens (tertiary/aromatic N) is 4. The van der Waals surface area contributed by atoms with Gasteiger partial charge in [0.1, 0.15) is 0 Å². The molecule has 5 heteroatoms. The number of nitrogens with two attached hydrogens (primary N) is 1. The van der Waals surface area contributed by atoms with Crippen molar-refractivity contribution in [3.63, 3.8) is 0 Å². The number of hydrogen-bond donors (Lipinski definition) is 1. The predicted octanol–water partition coefficient (Wildman–Crippen LogP) is 2.33. The fourth-order valence-electron chi connectivity index (χ4n) is 2.42. The van der Waals surface area contributed by atoms with Gasteiger partial charge in [-0.05, 0) is 37.1 Å². The van der Waals surface area contributed by atoms with Gasteiger partial charge in [-0.25, -0.2) is 4.68 Å². The molecule has 5 nitrogen and oxygen atoms in total. The van der Waals surface area contributed by atoms with Crippen LogP contribution in [-0.4, -0.2) is 20.0 Å². The molecular weight excluding hydrogens is 262 g/mol. The van der Waals surface area contributed by atoms with Gasteiger partial charge in [-0.1, -0.05) is 29.5 Å². The number of hydrogen-bond acceptors (Lipinski definition) is 4. The number of benzene rings is 1. The summed E-state index contributed by atoms with van der Waals surface area (Å²) in [5, 5.41) is 8.14. The molecule has 0 amide bonds.